The van der Waals surface area contributed by atoms with Gasteiger partial charge in [0.25, 0.3) is 0 Å². The number of aliphatic carboxylic acids is 1. The topological polar surface area (TPSA) is 76.7 Å². The lowest BCUT2D eigenvalue weighted by Crippen LogP contribution is -2.29. The van der Waals surface area contributed by atoms with Crippen molar-refractivity contribution in [1.29, 1.82) is 0 Å². The van der Waals surface area contributed by atoms with Crippen molar-refractivity contribution >= 4 is 11.9 Å². The number of hydrogen-bond acceptors (Lipinski definition) is 4. The lowest BCUT2D eigenvalue weighted by Gasteiger charge is -2.10. The highest BCUT2D eigenvalue weighted by Crippen LogP contribution is 2.54. The van der Waals surface area contributed by atoms with E-state index >= 15 is 0 Å². The van der Waals surface area contributed by atoms with Crippen molar-refractivity contribution in [2.45, 2.75) is 19.4 Å². The lowest BCUT2D eigenvalue weighted by atomic mass is 10.0. The predicted octanol–water partition coefficient (Wildman–Crippen LogP) is 3.19. The first-order valence-corrected chi connectivity index (χ1v) is 7.71. The Morgan fingerprint density at radius 3 is 2.58 bits per heavy atom. The molecule has 1 heterocycles. The van der Waals surface area contributed by atoms with Gasteiger partial charge in [-0.1, -0.05) is 36.4 Å². The van der Waals surface area contributed by atoms with E-state index in [1.807, 2.05) is 36.4 Å². The zero-order valence-corrected chi connectivity index (χ0v) is 13.1. The Morgan fingerprint density at radius 1 is 1.25 bits per heavy atom. The van der Waals surface area contributed by atoms with E-state index in [4.69, 9.17) is 9.15 Å². The summed E-state index contributed by atoms with van der Waals surface area (Å²) in [5.74, 6) is -1.02. The van der Waals surface area contributed by atoms with E-state index in [1.165, 1.54) is 6.08 Å². The molecule has 2 unspecified atom stereocenters. The first kappa shape index (κ1) is 16.1. The normalized spacial score (nSPS) is 21.9. The second-order valence-corrected chi connectivity index (χ2v) is 5.93. The molecule has 0 spiro atoms. The Labute approximate surface area is 139 Å². The standard InChI is InChI=1S/C19H18O5/c1-2-14-11-19(14,17(20)21)18(22)23-12-16-9-8-15(24-16)10-13-6-4-3-5-7-13/h2-9,14H,1,10-12H2,(H,20,21). The minimum absolute atomic E-state index is 0.0769. The molecule has 5 heteroatoms. The Morgan fingerprint density at radius 2 is 1.96 bits per heavy atom. The first-order valence-electron chi connectivity index (χ1n) is 7.71. The number of hydrogen-bond donors (Lipinski definition) is 1. The van der Waals surface area contributed by atoms with Gasteiger partial charge in [-0.25, -0.2) is 0 Å². The summed E-state index contributed by atoms with van der Waals surface area (Å²) in [4.78, 5) is 23.5. The number of carboxylic acid groups (broad SMARTS) is 1. The minimum Gasteiger partial charge on any atom is -0.480 e. The molecule has 0 amide bonds. The SMILES string of the molecule is C=CC1CC1(C(=O)O)C(=O)OCc1ccc(Cc2ccccc2)o1. The van der Waals surface area contributed by atoms with E-state index in [9.17, 15) is 14.7 Å². The second kappa shape index (κ2) is 6.35. The second-order valence-electron chi connectivity index (χ2n) is 5.93. The maximum atomic E-state index is 12.1. The third-order valence-electron chi connectivity index (χ3n) is 4.33. The summed E-state index contributed by atoms with van der Waals surface area (Å²) < 4.78 is 10.8. The van der Waals surface area contributed by atoms with Crippen molar-refractivity contribution in [3.05, 3.63) is 72.2 Å². The van der Waals surface area contributed by atoms with Gasteiger partial charge in [-0.05, 0) is 24.1 Å². The fraction of sp³-hybridized carbons (Fsp3) is 0.263. The van der Waals surface area contributed by atoms with Gasteiger partial charge in [-0.2, -0.15) is 0 Å². The van der Waals surface area contributed by atoms with Crippen LogP contribution in [0, 0.1) is 11.3 Å². The van der Waals surface area contributed by atoms with Crippen molar-refractivity contribution < 1.29 is 23.8 Å². The van der Waals surface area contributed by atoms with Crippen LogP contribution in [0.2, 0.25) is 0 Å². The van der Waals surface area contributed by atoms with Crippen molar-refractivity contribution in [1.82, 2.24) is 0 Å². The molecule has 2 atom stereocenters. The highest BCUT2D eigenvalue weighted by molar-refractivity contribution is 6.03. The number of esters is 1. The summed E-state index contributed by atoms with van der Waals surface area (Å²) in [5, 5.41) is 9.27. The number of carboxylic acids is 1. The Kier molecular flexibility index (Phi) is 4.25. The summed E-state index contributed by atoms with van der Waals surface area (Å²) >= 11 is 0. The smallest absolute Gasteiger partial charge is 0.324 e. The maximum Gasteiger partial charge on any atom is 0.324 e. The van der Waals surface area contributed by atoms with Crippen LogP contribution >= 0.6 is 0 Å². The van der Waals surface area contributed by atoms with E-state index in [-0.39, 0.29) is 18.9 Å². The highest BCUT2D eigenvalue weighted by Gasteiger charge is 2.66. The zero-order valence-electron chi connectivity index (χ0n) is 13.1. The molecule has 0 bridgehead atoms. The van der Waals surface area contributed by atoms with E-state index in [0.29, 0.717) is 12.2 Å². The third-order valence-corrected chi connectivity index (χ3v) is 4.33. The van der Waals surface area contributed by atoms with Crippen LogP contribution in [0.15, 0.2) is 59.5 Å². The molecular weight excluding hydrogens is 308 g/mol. The van der Waals surface area contributed by atoms with Gasteiger partial charge in [-0.3, -0.25) is 9.59 Å². The van der Waals surface area contributed by atoms with Crippen LogP contribution in [0.4, 0.5) is 0 Å². The molecule has 1 aromatic carbocycles. The van der Waals surface area contributed by atoms with Crippen molar-refractivity contribution in [3.63, 3.8) is 0 Å². The number of carbonyl (C=O) groups is 2. The number of carbonyl (C=O) groups excluding carboxylic acids is 1. The van der Waals surface area contributed by atoms with Crippen LogP contribution in [-0.4, -0.2) is 17.0 Å². The summed E-state index contributed by atoms with van der Waals surface area (Å²) in [6.45, 7) is 3.48. The van der Waals surface area contributed by atoms with Crippen molar-refractivity contribution in [2.75, 3.05) is 0 Å². The third kappa shape index (κ3) is 2.97. The van der Waals surface area contributed by atoms with Gasteiger partial charge in [0.2, 0.25) is 0 Å². The van der Waals surface area contributed by atoms with Gasteiger partial charge in [0.05, 0.1) is 0 Å². The minimum atomic E-state index is -1.47. The fourth-order valence-corrected chi connectivity index (χ4v) is 2.80. The molecular formula is C19H18O5. The maximum absolute atomic E-state index is 12.1. The molecule has 1 aliphatic carbocycles. The molecule has 1 N–H and O–H groups in total. The van der Waals surface area contributed by atoms with E-state index < -0.39 is 17.4 Å². The Hall–Kier alpha value is -2.82. The average molecular weight is 326 g/mol. The van der Waals surface area contributed by atoms with Gasteiger partial charge in [0, 0.05) is 12.3 Å². The van der Waals surface area contributed by atoms with Crippen LogP contribution in [0.3, 0.4) is 0 Å². The Bertz CT molecular complexity index is 761. The molecule has 0 saturated heterocycles. The largest absolute Gasteiger partial charge is 0.480 e. The Balaban J connectivity index is 1.59. The first-order chi connectivity index (χ1) is 11.6. The van der Waals surface area contributed by atoms with Crippen LogP contribution in [0.5, 0.6) is 0 Å². The number of benzene rings is 1. The van der Waals surface area contributed by atoms with Gasteiger partial charge >= 0.3 is 11.9 Å². The van der Waals surface area contributed by atoms with Gasteiger partial charge in [-0.15, -0.1) is 6.58 Å². The van der Waals surface area contributed by atoms with Crippen LogP contribution in [0.1, 0.15) is 23.5 Å². The van der Waals surface area contributed by atoms with Crippen LogP contribution in [0.25, 0.3) is 0 Å². The van der Waals surface area contributed by atoms with Gasteiger partial charge in [0.1, 0.15) is 18.1 Å². The number of rotatable bonds is 7. The van der Waals surface area contributed by atoms with Crippen molar-refractivity contribution in [2.24, 2.45) is 11.3 Å². The quantitative estimate of drug-likeness (QED) is 0.480. The van der Waals surface area contributed by atoms with Crippen molar-refractivity contribution in [3.8, 4) is 0 Å². The molecule has 5 nitrogen and oxygen atoms in total. The number of furan rings is 1. The van der Waals surface area contributed by atoms with Gasteiger partial charge in [0.15, 0.2) is 5.41 Å². The molecule has 3 rings (SSSR count). The molecule has 0 aliphatic heterocycles. The molecule has 0 radical (unpaired) electrons. The summed E-state index contributed by atoms with van der Waals surface area (Å²) in [7, 11) is 0. The summed E-state index contributed by atoms with van der Waals surface area (Å²) in [5.41, 5.74) is -0.353. The van der Waals surface area contributed by atoms with Gasteiger partial charge < -0.3 is 14.3 Å². The molecule has 1 aliphatic rings. The number of ether oxygens (including phenoxy) is 1. The average Bonchev–Trinajstić information content (AvgIpc) is 3.19. The summed E-state index contributed by atoms with van der Waals surface area (Å²) in [6.07, 6.45) is 2.37. The van der Waals surface area contributed by atoms with E-state index in [1.54, 1.807) is 6.07 Å². The summed E-state index contributed by atoms with van der Waals surface area (Å²) in [6, 6.07) is 13.4. The molecule has 124 valence electrons. The lowest BCUT2D eigenvalue weighted by molar-refractivity contribution is -0.163. The molecule has 1 aromatic heterocycles. The number of allylic oxidation sites excluding steroid dienone is 1. The molecule has 24 heavy (non-hydrogen) atoms. The van der Waals surface area contributed by atoms with Crippen LogP contribution < -0.4 is 0 Å². The fourth-order valence-electron chi connectivity index (χ4n) is 2.80. The monoisotopic (exact) mass is 326 g/mol. The van der Waals surface area contributed by atoms with E-state index in [2.05, 4.69) is 6.58 Å². The van der Waals surface area contributed by atoms with Crippen LogP contribution in [-0.2, 0) is 27.4 Å². The molecule has 1 saturated carbocycles. The highest BCUT2D eigenvalue weighted by atomic mass is 16.5. The predicted molar refractivity (Wildman–Crippen MR) is 86.1 cm³/mol. The molecule has 2 aromatic rings. The van der Waals surface area contributed by atoms with E-state index in [0.717, 1.165) is 11.3 Å². The molecule has 1 fully saturated rings. The zero-order chi connectivity index (χ0) is 17.2.